The first-order chi connectivity index (χ1) is 17.9. The number of aromatic nitrogens is 2. The molecule has 10 heteroatoms. The first-order valence-electron chi connectivity index (χ1n) is 12.1. The van der Waals surface area contributed by atoms with Gasteiger partial charge in [0.1, 0.15) is 17.0 Å². The van der Waals surface area contributed by atoms with Crippen LogP contribution in [-0.2, 0) is 35.2 Å². The normalized spacial score (nSPS) is 15.1. The summed E-state index contributed by atoms with van der Waals surface area (Å²) in [5, 5.41) is 7.86. The number of nitrogens with one attached hydrogen (secondary N) is 1. The Balaban J connectivity index is 1.28. The van der Waals surface area contributed by atoms with E-state index in [-0.39, 0.29) is 23.3 Å². The van der Waals surface area contributed by atoms with Gasteiger partial charge in [0, 0.05) is 16.7 Å². The van der Waals surface area contributed by atoms with Crippen LogP contribution in [-0.4, -0.2) is 16.3 Å². The number of benzene rings is 2. The zero-order chi connectivity index (χ0) is 25.6. The molecule has 6 rings (SSSR count). The molecule has 2 aliphatic rings. The monoisotopic (exact) mass is 509 g/mol. The fourth-order valence-electron chi connectivity index (χ4n) is 4.80. The van der Waals surface area contributed by atoms with Gasteiger partial charge in [-0.25, -0.2) is 0 Å². The highest BCUT2D eigenvalue weighted by Gasteiger charge is 2.43. The summed E-state index contributed by atoms with van der Waals surface area (Å²) in [5.41, 5.74) is 5.45. The molecular formula is C27H22F3N3O4. The molecule has 0 amide bonds. The number of carbonyl (C=O) groups is 1. The molecule has 1 saturated carbocycles. The van der Waals surface area contributed by atoms with Crippen LogP contribution in [0.3, 0.4) is 0 Å². The first kappa shape index (κ1) is 23.5. The minimum absolute atomic E-state index is 0.0122. The number of hydrogen-bond acceptors (Lipinski definition) is 7. The van der Waals surface area contributed by atoms with Crippen molar-refractivity contribution in [2.75, 3.05) is 0 Å². The average Bonchev–Trinajstić information content (AvgIpc) is 3.48. The lowest BCUT2D eigenvalue weighted by molar-refractivity contribution is -0.159. The third-order valence-corrected chi connectivity index (χ3v) is 6.97. The third-order valence-electron chi connectivity index (χ3n) is 6.97. The molecule has 0 saturated heterocycles. The van der Waals surface area contributed by atoms with Crippen LogP contribution in [0, 0.1) is 5.92 Å². The summed E-state index contributed by atoms with van der Waals surface area (Å²) in [6, 6.07) is 13.8. The van der Waals surface area contributed by atoms with Crippen molar-refractivity contribution in [3.8, 4) is 34.0 Å². The van der Waals surface area contributed by atoms with Gasteiger partial charge in [0.15, 0.2) is 0 Å². The third kappa shape index (κ3) is 4.31. The molecule has 0 aliphatic heterocycles. The van der Waals surface area contributed by atoms with Crippen molar-refractivity contribution in [3.63, 3.8) is 0 Å². The molecule has 0 radical (unpaired) electrons. The van der Waals surface area contributed by atoms with Crippen molar-refractivity contribution >= 4 is 5.97 Å². The Morgan fingerprint density at radius 2 is 1.76 bits per heavy atom. The Kier molecular flexibility index (Phi) is 5.83. The van der Waals surface area contributed by atoms with E-state index in [4.69, 9.17) is 13.9 Å². The van der Waals surface area contributed by atoms with Gasteiger partial charge in [0.25, 0.3) is 0 Å². The molecule has 7 nitrogen and oxygen atoms in total. The van der Waals surface area contributed by atoms with Crippen LogP contribution in [0.1, 0.15) is 41.5 Å². The topological polar surface area (TPSA) is 90.4 Å². The number of fused-ring (bicyclic) bond motifs is 3. The van der Waals surface area contributed by atoms with E-state index in [9.17, 15) is 18.0 Å². The molecule has 2 heterocycles. The van der Waals surface area contributed by atoms with Crippen LogP contribution in [0.15, 0.2) is 57.6 Å². The van der Waals surface area contributed by atoms with Gasteiger partial charge >= 0.3 is 12.1 Å². The second kappa shape index (κ2) is 9.19. The number of halogens is 3. The molecule has 4 aromatic rings. The Morgan fingerprint density at radius 3 is 2.49 bits per heavy atom. The number of carbonyl (C=O) groups excluding carboxylic acids is 1. The van der Waals surface area contributed by atoms with Gasteiger partial charge in [0.05, 0.1) is 12.5 Å². The van der Waals surface area contributed by atoms with Crippen molar-refractivity contribution in [2.24, 2.45) is 5.92 Å². The molecule has 0 unspecified atom stereocenters. The predicted molar refractivity (Wildman–Crippen MR) is 126 cm³/mol. The summed E-state index contributed by atoms with van der Waals surface area (Å²) >= 11 is 0. The number of rotatable bonds is 6. The van der Waals surface area contributed by atoms with Crippen LogP contribution in [0.25, 0.3) is 34.0 Å². The average molecular weight is 509 g/mol. The minimum atomic E-state index is -4.71. The number of hydrogen-bond donors (Lipinski definition) is 1. The Labute approximate surface area is 209 Å². The van der Waals surface area contributed by atoms with Crippen LogP contribution in [0.2, 0.25) is 0 Å². The number of aryl methyl sites for hydroxylation is 1. The van der Waals surface area contributed by atoms with E-state index in [1.807, 2.05) is 18.2 Å². The standard InChI is InChI=1S/C27H22F3N3O4/c28-27(29,30)21-22(16-5-2-1-3-6-16)32-36-25(21)24-20-12-10-18-13-15(9-11-19(18)23(20)33-35-24)14-31-37-26(34)17-7-4-8-17/h1-3,5-6,9,11,13,17,31H,4,7-8,10,12,14H2. The fraction of sp³-hybridized carbons (Fsp3) is 0.296. The molecule has 0 bridgehead atoms. The van der Waals surface area contributed by atoms with Crippen molar-refractivity contribution in [1.82, 2.24) is 15.8 Å². The van der Waals surface area contributed by atoms with Crippen LogP contribution in [0.5, 0.6) is 0 Å². The van der Waals surface area contributed by atoms with E-state index in [1.54, 1.807) is 30.3 Å². The first-order valence-corrected chi connectivity index (χ1v) is 12.1. The highest BCUT2D eigenvalue weighted by atomic mass is 19.4. The summed E-state index contributed by atoms with van der Waals surface area (Å²) in [7, 11) is 0. The van der Waals surface area contributed by atoms with Gasteiger partial charge in [-0.3, -0.25) is 4.79 Å². The van der Waals surface area contributed by atoms with Gasteiger partial charge in [-0.05, 0) is 36.8 Å². The maximum Gasteiger partial charge on any atom is 0.422 e. The SMILES string of the molecule is O=C(ONCc1ccc2c(c1)CCc1c-2noc1-c1onc(-c2ccccc2)c1C(F)(F)F)C1CCC1. The molecule has 0 spiro atoms. The molecule has 2 aromatic heterocycles. The largest absolute Gasteiger partial charge is 0.422 e. The smallest absolute Gasteiger partial charge is 0.370 e. The van der Waals surface area contributed by atoms with Crippen LogP contribution >= 0.6 is 0 Å². The van der Waals surface area contributed by atoms with Gasteiger partial charge in [-0.15, -0.1) is 5.48 Å². The summed E-state index contributed by atoms with van der Waals surface area (Å²) in [6.07, 6.45) is -0.920. The van der Waals surface area contributed by atoms with Crippen molar-refractivity contribution in [2.45, 2.75) is 44.8 Å². The molecule has 2 aromatic carbocycles. The van der Waals surface area contributed by atoms with Gasteiger partial charge in [0.2, 0.25) is 11.5 Å². The molecule has 2 aliphatic carbocycles. The Bertz CT molecular complexity index is 1460. The summed E-state index contributed by atoms with van der Waals surface area (Å²) in [6.45, 7) is 0.345. The highest BCUT2D eigenvalue weighted by molar-refractivity contribution is 5.79. The number of hydroxylamine groups is 1. The van der Waals surface area contributed by atoms with Crippen molar-refractivity contribution in [1.29, 1.82) is 0 Å². The maximum atomic E-state index is 14.2. The Hall–Kier alpha value is -3.92. The van der Waals surface area contributed by atoms with E-state index in [0.29, 0.717) is 36.2 Å². The summed E-state index contributed by atoms with van der Waals surface area (Å²) in [4.78, 5) is 17.0. The molecule has 0 atom stereocenters. The lowest BCUT2D eigenvalue weighted by Gasteiger charge is -2.22. The molecule has 1 fully saturated rings. The van der Waals surface area contributed by atoms with E-state index in [1.165, 1.54) is 0 Å². The lowest BCUT2D eigenvalue weighted by Crippen LogP contribution is -2.29. The summed E-state index contributed by atoms with van der Waals surface area (Å²) in [5.74, 6) is -0.777. The fourth-order valence-corrected chi connectivity index (χ4v) is 4.80. The highest BCUT2D eigenvalue weighted by Crippen LogP contribution is 2.46. The zero-order valence-corrected chi connectivity index (χ0v) is 19.6. The van der Waals surface area contributed by atoms with Crippen molar-refractivity contribution in [3.05, 3.63) is 70.8 Å². The summed E-state index contributed by atoms with van der Waals surface area (Å²) < 4.78 is 53.2. The maximum absolute atomic E-state index is 14.2. The number of alkyl halides is 3. The van der Waals surface area contributed by atoms with E-state index < -0.39 is 17.5 Å². The lowest BCUT2D eigenvalue weighted by atomic mass is 9.86. The molecule has 190 valence electrons. The van der Waals surface area contributed by atoms with Crippen LogP contribution < -0.4 is 5.48 Å². The second-order valence-electron chi connectivity index (χ2n) is 9.30. The van der Waals surface area contributed by atoms with Gasteiger partial charge in [-0.1, -0.05) is 65.3 Å². The van der Waals surface area contributed by atoms with Crippen LogP contribution in [0.4, 0.5) is 13.2 Å². The van der Waals surface area contributed by atoms with Crippen molar-refractivity contribution < 1.29 is 31.8 Å². The van der Waals surface area contributed by atoms with Gasteiger partial charge in [-0.2, -0.15) is 13.2 Å². The quantitative estimate of drug-likeness (QED) is 0.313. The molecule has 1 N–H and O–H groups in total. The van der Waals surface area contributed by atoms with E-state index in [2.05, 4.69) is 15.8 Å². The molecule has 37 heavy (non-hydrogen) atoms. The predicted octanol–water partition coefficient (Wildman–Crippen LogP) is 6.13. The zero-order valence-electron chi connectivity index (χ0n) is 19.6. The Morgan fingerprint density at radius 1 is 1.00 bits per heavy atom. The molecular weight excluding hydrogens is 487 g/mol. The number of nitrogens with zero attached hydrogens (tertiary/aromatic N) is 2. The van der Waals surface area contributed by atoms with E-state index in [0.717, 1.165) is 36.0 Å². The van der Waals surface area contributed by atoms with Gasteiger partial charge < -0.3 is 13.9 Å². The minimum Gasteiger partial charge on any atom is -0.370 e. The van der Waals surface area contributed by atoms with E-state index >= 15 is 0 Å². The second-order valence-corrected chi connectivity index (χ2v) is 9.30.